The van der Waals surface area contributed by atoms with Crippen LogP contribution in [0.2, 0.25) is 0 Å². The molecule has 0 aliphatic carbocycles. The predicted octanol–water partition coefficient (Wildman–Crippen LogP) is 3.64. The van der Waals surface area contributed by atoms with Gasteiger partial charge in [-0.05, 0) is 30.3 Å². The first kappa shape index (κ1) is 13.5. The summed E-state index contributed by atoms with van der Waals surface area (Å²) in [4.78, 5) is 4.54. The third-order valence-electron chi connectivity index (χ3n) is 3.06. The van der Waals surface area contributed by atoms with E-state index < -0.39 is 0 Å². The second kappa shape index (κ2) is 5.49. The highest BCUT2D eigenvalue weighted by molar-refractivity contribution is 7.22. The van der Waals surface area contributed by atoms with Crippen LogP contribution in [0.15, 0.2) is 36.4 Å². The average molecular weight is 301 g/mol. The van der Waals surface area contributed by atoms with Gasteiger partial charge in [0.2, 0.25) is 0 Å². The van der Waals surface area contributed by atoms with Crippen molar-refractivity contribution in [2.45, 2.75) is 0 Å². The standard InChI is InChI=1S/C15H15N3O2S/c1-19-10-4-6-13(20-2)12(8-10)18-15-17-11-5-3-9(16)7-14(11)21-15/h3-8H,16H2,1-2H3,(H,17,18). The van der Waals surface area contributed by atoms with Crippen molar-refractivity contribution in [2.75, 3.05) is 25.3 Å². The highest BCUT2D eigenvalue weighted by atomic mass is 32.1. The van der Waals surface area contributed by atoms with Crippen molar-refractivity contribution in [2.24, 2.45) is 0 Å². The molecule has 1 heterocycles. The lowest BCUT2D eigenvalue weighted by Gasteiger charge is -2.10. The Bertz CT molecular complexity index is 786. The molecule has 3 N–H and O–H groups in total. The molecule has 0 aliphatic rings. The van der Waals surface area contributed by atoms with Crippen LogP contribution in [0.3, 0.4) is 0 Å². The number of nitrogens with two attached hydrogens (primary N) is 1. The van der Waals surface area contributed by atoms with Gasteiger partial charge in [-0.1, -0.05) is 11.3 Å². The van der Waals surface area contributed by atoms with Gasteiger partial charge in [-0.15, -0.1) is 0 Å². The quantitative estimate of drug-likeness (QED) is 0.720. The Morgan fingerprint density at radius 1 is 1.10 bits per heavy atom. The van der Waals surface area contributed by atoms with E-state index in [2.05, 4.69) is 10.3 Å². The maximum absolute atomic E-state index is 5.79. The minimum absolute atomic E-state index is 0.731. The van der Waals surface area contributed by atoms with Gasteiger partial charge in [-0.3, -0.25) is 0 Å². The van der Waals surface area contributed by atoms with E-state index in [1.54, 1.807) is 25.6 Å². The van der Waals surface area contributed by atoms with Crippen molar-refractivity contribution in [3.63, 3.8) is 0 Å². The number of nitrogens with zero attached hydrogens (tertiary/aromatic N) is 1. The van der Waals surface area contributed by atoms with E-state index in [9.17, 15) is 0 Å². The molecule has 0 saturated heterocycles. The third kappa shape index (κ3) is 2.71. The van der Waals surface area contributed by atoms with Gasteiger partial charge >= 0.3 is 0 Å². The number of benzene rings is 2. The lowest BCUT2D eigenvalue weighted by atomic mass is 10.2. The molecule has 0 spiro atoms. The zero-order valence-corrected chi connectivity index (χ0v) is 12.5. The molecule has 21 heavy (non-hydrogen) atoms. The van der Waals surface area contributed by atoms with Gasteiger partial charge in [0.25, 0.3) is 0 Å². The van der Waals surface area contributed by atoms with Gasteiger partial charge in [-0.2, -0.15) is 0 Å². The molecule has 6 heteroatoms. The Balaban J connectivity index is 1.97. The highest BCUT2D eigenvalue weighted by Gasteiger charge is 2.09. The first-order chi connectivity index (χ1) is 10.2. The van der Waals surface area contributed by atoms with E-state index in [1.807, 2.05) is 36.4 Å². The van der Waals surface area contributed by atoms with Crippen LogP contribution in [0.25, 0.3) is 10.2 Å². The van der Waals surface area contributed by atoms with Crippen molar-refractivity contribution >= 4 is 38.1 Å². The molecule has 0 radical (unpaired) electrons. The molecule has 3 rings (SSSR count). The lowest BCUT2D eigenvalue weighted by molar-refractivity contribution is 0.405. The van der Waals surface area contributed by atoms with Crippen molar-refractivity contribution in [3.05, 3.63) is 36.4 Å². The molecule has 0 atom stereocenters. The van der Waals surface area contributed by atoms with Crippen LogP contribution in [0.1, 0.15) is 0 Å². The van der Waals surface area contributed by atoms with Gasteiger partial charge in [0.05, 0.1) is 30.1 Å². The smallest absolute Gasteiger partial charge is 0.188 e. The predicted molar refractivity (Wildman–Crippen MR) is 86.9 cm³/mol. The fourth-order valence-electron chi connectivity index (χ4n) is 2.02. The van der Waals surface area contributed by atoms with E-state index in [1.165, 1.54) is 0 Å². The van der Waals surface area contributed by atoms with Crippen molar-refractivity contribution < 1.29 is 9.47 Å². The van der Waals surface area contributed by atoms with E-state index >= 15 is 0 Å². The van der Waals surface area contributed by atoms with Gasteiger partial charge in [0.15, 0.2) is 5.13 Å². The highest BCUT2D eigenvalue weighted by Crippen LogP contribution is 2.34. The number of nitrogens with one attached hydrogen (secondary N) is 1. The van der Waals surface area contributed by atoms with Gasteiger partial charge < -0.3 is 20.5 Å². The van der Waals surface area contributed by atoms with E-state index in [0.29, 0.717) is 0 Å². The number of rotatable bonds is 4. The number of methoxy groups -OCH3 is 2. The number of hydrogen-bond acceptors (Lipinski definition) is 6. The second-order valence-corrected chi connectivity index (χ2v) is 5.47. The van der Waals surface area contributed by atoms with Crippen molar-refractivity contribution in [3.8, 4) is 11.5 Å². The second-order valence-electron chi connectivity index (χ2n) is 4.44. The SMILES string of the molecule is COc1ccc(OC)c(Nc2nc3ccc(N)cc3s2)c1. The molecular weight excluding hydrogens is 286 g/mol. The maximum atomic E-state index is 5.79. The largest absolute Gasteiger partial charge is 0.497 e. The molecule has 0 bridgehead atoms. The van der Waals surface area contributed by atoms with E-state index in [-0.39, 0.29) is 0 Å². The third-order valence-corrected chi connectivity index (χ3v) is 3.99. The first-order valence-electron chi connectivity index (χ1n) is 6.34. The minimum atomic E-state index is 0.731. The summed E-state index contributed by atoms with van der Waals surface area (Å²) in [6.07, 6.45) is 0. The summed E-state index contributed by atoms with van der Waals surface area (Å²) in [6.45, 7) is 0. The molecule has 5 nitrogen and oxygen atoms in total. The van der Waals surface area contributed by atoms with Gasteiger partial charge in [0, 0.05) is 11.8 Å². The monoisotopic (exact) mass is 301 g/mol. The van der Waals surface area contributed by atoms with Gasteiger partial charge in [-0.25, -0.2) is 4.98 Å². The summed E-state index contributed by atoms with van der Waals surface area (Å²) in [5.41, 5.74) is 8.25. The van der Waals surface area contributed by atoms with E-state index in [0.717, 1.165) is 38.2 Å². The van der Waals surface area contributed by atoms with Crippen molar-refractivity contribution in [1.82, 2.24) is 4.98 Å². The van der Waals surface area contributed by atoms with Crippen LogP contribution in [-0.4, -0.2) is 19.2 Å². The van der Waals surface area contributed by atoms with Crippen LogP contribution < -0.4 is 20.5 Å². The topological polar surface area (TPSA) is 69.4 Å². The number of hydrogen-bond donors (Lipinski definition) is 2. The summed E-state index contributed by atoms with van der Waals surface area (Å²) in [7, 11) is 3.26. The van der Waals surface area contributed by atoms with E-state index in [4.69, 9.17) is 15.2 Å². The number of ether oxygens (including phenoxy) is 2. The molecule has 0 unspecified atom stereocenters. The van der Waals surface area contributed by atoms with Crippen LogP contribution in [0.4, 0.5) is 16.5 Å². The van der Waals surface area contributed by atoms with Gasteiger partial charge in [0.1, 0.15) is 11.5 Å². The summed E-state index contributed by atoms with van der Waals surface area (Å²) in [5, 5.41) is 4.05. The summed E-state index contributed by atoms with van der Waals surface area (Å²) < 4.78 is 11.6. The maximum Gasteiger partial charge on any atom is 0.188 e. The fraction of sp³-hybridized carbons (Fsp3) is 0.133. The average Bonchev–Trinajstić information content (AvgIpc) is 2.88. The Morgan fingerprint density at radius 3 is 2.71 bits per heavy atom. The van der Waals surface area contributed by atoms with Crippen LogP contribution in [0, 0.1) is 0 Å². The number of nitrogen functional groups attached to an aromatic ring is 1. The zero-order valence-electron chi connectivity index (χ0n) is 11.7. The fourth-order valence-corrected chi connectivity index (χ4v) is 2.95. The number of thiazole rings is 1. The summed E-state index contributed by atoms with van der Waals surface area (Å²) in [5.74, 6) is 1.48. The first-order valence-corrected chi connectivity index (χ1v) is 7.16. The lowest BCUT2D eigenvalue weighted by Crippen LogP contribution is -1.95. The zero-order chi connectivity index (χ0) is 14.8. The normalized spacial score (nSPS) is 10.6. The van der Waals surface area contributed by atoms with Crippen LogP contribution in [0.5, 0.6) is 11.5 Å². The Kier molecular flexibility index (Phi) is 3.53. The molecule has 0 saturated carbocycles. The number of anilines is 3. The Morgan fingerprint density at radius 2 is 1.95 bits per heavy atom. The molecular formula is C15H15N3O2S. The summed E-state index contributed by atoms with van der Waals surface area (Å²) >= 11 is 1.54. The Hall–Kier alpha value is -2.47. The molecule has 108 valence electrons. The Labute approximate surface area is 126 Å². The minimum Gasteiger partial charge on any atom is -0.497 e. The van der Waals surface area contributed by atoms with Crippen LogP contribution >= 0.6 is 11.3 Å². The summed E-state index contributed by atoms with van der Waals surface area (Å²) in [6, 6.07) is 11.3. The molecule has 0 fully saturated rings. The van der Waals surface area contributed by atoms with Crippen LogP contribution in [-0.2, 0) is 0 Å². The molecule has 0 amide bonds. The molecule has 1 aromatic heterocycles. The molecule has 3 aromatic rings. The van der Waals surface area contributed by atoms with Crippen molar-refractivity contribution in [1.29, 1.82) is 0 Å². The molecule has 2 aromatic carbocycles. The number of aromatic nitrogens is 1. The number of fused-ring (bicyclic) bond motifs is 1. The molecule has 0 aliphatic heterocycles.